The SMILES string of the molecule is COC(=O)c1nccc(NC(C)(C)C(N)=O)n1. The van der Waals surface area contributed by atoms with Gasteiger partial charge in [-0.05, 0) is 19.9 Å². The first-order valence-corrected chi connectivity index (χ1v) is 4.86. The Morgan fingerprint density at radius 3 is 2.65 bits per heavy atom. The van der Waals surface area contributed by atoms with E-state index in [1.54, 1.807) is 13.8 Å². The lowest BCUT2D eigenvalue weighted by atomic mass is 10.1. The van der Waals surface area contributed by atoms with Gasteiger partial charge in [-0.25, -0.2) is 14.8 Å². The lowest BCUT2D eigenvalue weighted by Crippen LogP contribution is -2.45. The Bertz CT molecular complexity index is 445. The fourth-order valence-electron chi connectivity index (χ4n) is 1.000. The van der Waals surface area contributed by atoms with E-state index in [1.807, 2.05) is 0 Å². The molecular weight excluding hydrogens is 224 g/mol. The summed E-state index contributed by atoms with van der Waals surface area (Å²) in [6.45, 7) is 3.21. The van der Waals surface area contributed by atoms with Crippen LogP contribution in [-0.4, -0.2) is 34.5 Å². The molecule has 0 spiro atoms. The van der Waals surface area contributed by atoms with Crippen molar-refractivity contribution in [1.29, 1.82) is 0 Å². The lowest BCUT2D eigenvalue weighted by molar-refractivity contribution is -0.121. The van der Waals surface area contributed by atoms with E-state index in [0.717, 1.165) is 0 Å². The zero-order chi connectivity index (χ0) is 13.1. The molecule has 0 aromatic carbocycles. The number of primary amides is 1. The second-order valence-corrected chi connectivity index (χ2v) is 3.87. The van der Waals surface area contributed by atoms with Crippen molar-refractivity contribution in [3.63, 3.8) is 0 Å². The molecule has 0 fully saturated rings. The van der Waals surface area contributed by atoms with Crippen molar-refractivity contribution in [2.45, 2.75) is 19.4 Å². The Hall–Kier alpha value is -2.18. The minimum atomic E-state index is -0.970. The highest BCUT2D eigenvalue weighted by atomic mass is 16.5. The highest BCUT2D eigenvalue weighted by molar-refractivity contribution is 5.87. The van der Waals surface area contributed by atoms with Crippen LogP contribution in [0.25, 0.3) is 0 Å². The molecule has 0 aliphatic heterocycles. The number of esters is 1. The van der Waals surface area contributed by atoms with Gasteiger partial charge in [0.1, 0.15) is 11.4 Å². The molecule has 1 rings (SSSR count). The number of anilines is 1. The maximum Gasteiger partial charge on any atom is 0.376 e. The number of hydrogen-bond acceptors (Lipinski definition) is 6. The Kier molecular flexibility index (Phi) is 3.62. The number of aromatic nitrogens is 2. The molecular formula is C10H14N4O3. The Labute approximate surface area is 98.4 Å². The predicted octanol–water partition coefficient (Wildman–Crippen LogP) is -0.0610. The molecule has 0 aliphatic carbocycles. The van der Waals surface area contributed by atoms with Gasteiger partial charge in [0.25, 0.3) is 0 Å². The smallest absolute Gasteiger partial charge is 0.376 e. The molecule has 7 heteroatoms. The van der Waals surface area contributed by atoms with Crippen LogP contribution >= 0.6 is 0 Å². The van der Waals surface area contributed by atoms with E-state index in [-0.39, 0.29) is 5.82 Å². The van der Waals surface area contributed by atoms with Crippen LogP contribution in [0.15, 0.2) is 12.3 Å². The summed E-state index contributed by atoms with van der Waals surface area (Å²) in [6.07, 6.45) is 1.39. The van der Waals surface area contributed by atoms with Crippen LogP contribution in [-0.2, 0) is 9.53 Å². The fraction of sp³-hybridized carbons (Fsp3) is 0.400. The number of nitrogens with zero attached hydrogens (tertiary/aromatic N) is 2. The summed E-state index contributed by atoms with van der Waals surface area (Å²) in [5.41, 5.74) is 4.24. The van der Waals surface area contributed by atoms with Crippen molar-refractivity contribution in [2.24, 2.45) is 5.73 Å². The monoisotopic (exact) mass is 238 g/mol. The number of nitrogens with one attached hydrogen (secondary N) is 1. The maximum absolute atomic E-state index is 11.2. The molecule has 0 aliphatic rings. The predicted molar refractivity (Wildman–Crippen MR) is 60.3 cm³/mol. The van der Waals surface area contributed by atoms with Gasteiger partial charge in [0.15, 0.2) is 0 Å². The third-order valence-electron chi connectivity index (χ3n) is 2.08. The van der Waals surface area contributed by atoms with E-state index in [9.17, 15) is 9.59 Å². The summed E-state index contributed by atoms with van der Waals surface area (Å²) >= 11 is 0. The van der Waals surface area contributed by atoms with E-state index >= 15 is 0 Å². The number of carbonyl (C=O) groups excluding carboxylic acids is 2. The van der Waals surface area contributed by atoms with Gasteiger partial charge in [0.2, 0.25) is 11.7 Å². The number of hydrogen-bond donors (Lipinski definition) is 2. The van der Waals surface area contributed by atoms with Gasteiger partial charge in [-0.3, -0.25) is 4.79 Å². The average molecular weight is 238 g/mol. The standard InChI is InChI=1S/C10H14N4O3/c1-10(2,9(11)16)14-6-4-5-12-7(13-6)8(15)17-3/h4-5H,1-3H3,(H2,11,16)(H,12,13,14). The van der Waals surface area contributed by atoms with Crippen LogP contribution in [0.1, 0.15) is 24.5 Å². The minimum Gasteiger partial charge on any atom is -0.463 e. The fourth-order valence-corrected chi connectivity index (χ4v) is 1.000. The summed E-state index contributed by atoms with van der Waals surface area (Å²) in [7, 11) is 1.24. The normalized spacial score (nSPS) is 10.8. The number of rotatable bonds is 4. The summed E-state index contributed by atoms with van der Waals surface area (Å²) in [5, 5.41) is 2.80. The molecule has 0 radical (unpaired) electrons. The van der Waals surface area contributed by atoms with Crippen LogP contribution in [0, 0.1) is 0 Å². The molecule has 1 aromatic heterocycles. The van der Waals surface area contributed by atoms with E-state index < -0.39 is 17.4 Å². The second kappa shape index (κ2) is 4.77. The largest absolute Gasteiger partial charge is 0.463 e. The molecule has 1 aromatic rings. The summed E-state index contributed by atoms with van der Waals surface area (Å²) in [6, 6.07) is 1.52. The number of amides is 1. The first-order chi connectivity index (χ1) is 7.86. The molecule has 0 bridgehead atoms. The van der Waals surface area contributed by atoms with Crippen molar-refractivity contribution in [3.8, 4) is 0 Å². The van der Waals surface area contributed by atoms with Crippen LogP contribution in [0.3, 0.4) is 0 Å². The Morgan fingerprint density at radius 1 is 1.47 bits per heavy atom. The molecule has 0 atom stereocenters. The maximum atomic E-state index is 11.2. The van der Waals surface area contributed by atoms with Crippen molar-refractivity contribution >= 4 is 17.7 Å². The van der Waals surface area contributed by atoms with Crippen molar-refractivity contribution < 1.29 is 14.3 Å². The van der Waals surface area contributed by atoms with Gasteiger partial charge in [0.05, 0.1) is 7.11 Å². The van der Waals surface area contributed by atoms with Crippen LogP contribution in [0.2, 0.25) is 0 Å². The molecule has 3 N–H and O–H groups in total. The van der Waals surface area contributed by atoms with Gasteiger partial charge in [-0.2, -0.15) is 0 Å². The van der Waals surface area contributed by atoms with E-state index in [4.69, 9.17) is 5.73 Å². The Morgan fingerprint density at radius 2 is 2.12 bits per heavy atom. The molecule has 0 unspecified atom stereocenters. The van der Waals surface area contributed by atoms with E-state index in [0.29, 0.717) is 5.82 Å². The summed E-state index contributed by atoms with van der Waals surface area (Å²) in [5.74, 6) is -0.941. The molecule has 0 saturated carbocycles. The van der Waals surface area contributed by atoms with Crippen molar-refractivity contribution in [2.75, 3.05) is 12.4 Å². The number of carbonyl (C=O) groups is 2. The molecule has 7 nitrogen and oxygen atoms in total. The number of ether oxygens (including phenoxy) is 1. The van der Waals surface area contributed by atoms with Crippen LogP contribution < -0.4 is 11.1 Å². The second-order valence-electron chi connectivity index (χ2n) is 3.87. The molecule has 0 saturated heterocycles. The minimum absolute atomic E-state index is 0.0854. The van der Waals surface area contributed by atoms with Gasteiger partial charge in [-0.15, -0.1) is 0 Å². The summed E-state index contributed by atoms with van der Waals surface area (Å²) in [4.78, 5) is 30.0. The molecule has 17 heavy (non-hydrogen) atoms. The van der Waals surface area contributed by atoms with Crippen molar-refractivity contribution in [3.05, 3.63) is 18.1 Å². The number of methoxy groups -OCH3 is 1. The van der Waals surface area contributed by atoms with Gasteiger partial charge >= 0.3 is 5.97 Å². The number of nitrogens with two attached hydrogens (primary N) is 1. The van der Waals surface area contributed by atoms with Gasteiger partial charge < -0.3 is 15.8 Å². The molecule has 92 valence electrons. The first-order valence-electron chi connectivity index (χ1n) is 4.86. The Balaban J connectivity index is 2.93. The zero-order valence-electron chi connectivity index (χ0n) is 9.85. The summed E-state index contributed by atoms with van der Waals surface area (Å²) < 4.78 is 4.49. The highest BCUT2D eigenvalue weighted by Gasteiger charge is 2.25. The molecule has 1 heterocycles. The molecule has 1 amide bonds. The quantitative estimate of drug-likeness (QED) is 0.711. The topological polar surface area (TPSA) is 107 Å². The zero-order valence-corrected chi connectivity index (χ0v) is 9.85. The highest BCUT2D eigenvalue weighted by Crippen LogP contribution is 2.12. The van der Waals surface area contributed by atoms with Crippen LogP contribution in [0.5, 0.6) is 0 Å². The van der Waals surface area contributed by atoms with E-state index in [1.165, 1.54) is 19.4 Å². The van der Waals surface area contributed by atoms with Gasteiger partial charge in [-0.1, -0.05) is 0 Å². The third kappa shape index (κ3) is 3.13. The average Bonchev–Trinajstić information content (AvgIpc) is 2.27. The van der Waals surface area contributed by atoms with Gasteiger partial charge in [0, 0.05) is 6.20 Å². The van der Waals surface area contributed by atoms with Crippen LogP contribution in [0.4, 0.5) is 5.82 Å². The third-order valence-corrected chi connectivity index (χ3v) is 2.08. The first kappa shape index (κ1) is 12.9. The lowest BCUT2D eigenvalue weighted by Gasteiger charge is -2.22. The van der Waals surface area contributed by atoms with Crippen molar-refractivity contribution in [1.82, 2.24) is 9.97 Å². The van der Waals surface area contributed by atoms with E-state index in [2.05, 4.69) is 20.0 Å².